The fraction of sp³-hybridized carbons (Fsp3) is 0.0968. The summed E-state index contributed by atoms with van der Waals surface area (Å²) < 4.78 is 10.7. The molecule has 0 fully saturated rings. The van der Waals surface area contributed by atoms with Crippen LogP contribution < -0.4 is 10.1 Å². The molecule has 188 valence electrons. The van der Waals surface area contributed by atoms with Crippen LogP contribution in [0.25, 0.3) is 33.5 Å². The molecule has 7 nitrogen and oxygen atoms in total. The number of fused-ring (bicyclic) bond motifs is 1. The summed E-state index contributed by atoms with van der Waals surface area (Å²) in [5.74, 6) is -0.594. The molecule has 0 saturated carbocycles. The number of aromatic nitrogens is 2. The second-order valence-electron chi connectivity index (χ2n) is 8.59. The first-order valence-corrected chi connectivity index (χ1v) is 12.1. The van der Waals surface area contributed by atoms with Crippen LogP contribution in [0.2, 0.25) is 0 Å². The molecule has 5 rings (SSSR count). The molecule has 1 aromatic heterocycles. The van der Waals surface area contributed by atoms with Crippen LogP contribution in [0.1, 0.15) is 17.3 Å². The molecule has 4 aromatic carbocycles. The molecule has 0 spiro atoms. The topological polar surface area (TPSA) is 90.4 Å². The van der Waals surface area contributed by atoms with E-state index >= 15 is 0 Å². The normalized spacial score (nSPS) is 11.5. The van der Waals surface area contributed by atoms with E-state index < -0.39 is 18.0 Å². The predicted octanol–water partition coefficient (Wildman–Crippen LogP) is 6.16. The van der Waals surface area contributed by atoms with Gasteiger partial charge in [0.15, 0.2) is 6.10 Å². The minimum Gasteiger partial charge on any atom is -0.495 e. The van der Waals surface area contributed by atoms with E-state index in [1.54, 1.807) is 42.5 Å². The largest absolute Gasteiger partial charge is 0.495 e. The van der Waals surface area contributed by atoms with Gasteiger partial charge in [-0.25, -0.2) is 14.8 Å². The summed E-state index contributed by atoms with van der Waals surface area (Å²) >= 11 is 0. The average Bonchev–Trinajstić information content (AvgIpc) is 2.97. The summed E-state index contributed by atoms with van der Waals surface area (Å²) in [7, 11) is 1.52. The van der Waals surface area contributed by atoms with Gasteiger partial charge < -0.3 is 14.8 Å². The van der Waals surface area contributed by atoms with Gasteiger partial charge in [-0.05, 0) is 37.3 Å². The third kappa shape index (κ3) is 5.22. The molecule has 1 N–H and O–H groups in total. The molecule has 1 atom stereocenters. The molecule has 5 aromatic rings. The van der Waals surface area contributed by atoms with E-state index in [9.17, 15) is 9.59 Å². The first kappa shape index (κ1) is 24.6. The van der Waals surface area contributed by atoms with Crippen molar-refractivity contribution in [1.82, 2.24) is 9.97 Å². The SMILES string of the molecule is COc1ccccc1NC(=O)C(C)OC(=O)c1ccc2nc(-c3ccccc3)c(-c3ccccc3)nc2c1. The second-order valence-corrected chi connectivity index (χ2v) is 8.59. The number of nitrogens with zero attached hydrogens (tertiary/aromatic N) is 2. The van der Waals surface area contributed by atoms with Crippen molar-refractivity contribution in [1.29, 1.82) is 0 Å². The summed E-state index contributed by atoms with van der Waals surface area (Å²) in [4.78, 5) is 35.4. The number of esters is 1. The maximum Gasteiger partial charge on any atom is 0.338 e. The number of ether oxygens (including phenoxy) is 2. The number of amides is 1. The van der Waals surface area contributed by atoms with E-state index in [0.29, 0.717) is 28.2 Å². The first-order chi connectivity index (χ1) is 18.5. The first-order valence-electron chi connectivity index (χ1n) is 12.1. The van der Waals surface area contributed by atoms with Gasteiger partial charge in [-0.15, -0.1) is 0 Å². The van der Waals surface area contributed by atoms with Crippen molar-refractivity contribution >= 4 is 28.6 Å². The quantitative estimate of drug-likeness (QED) is 0.268. The van der Waals surface area contributed by atoms with Gasteiger partial charge in [-0.2, -0.15) is 0 Å². The van der Waals surface area contributed by atoms with Crippen LogP contribution in [0.15, 0.2) is 103 Å². The molecule has 0 bridgehead atoms. The third-order valence-electron chi connectivity index (χ3n) is 6.01. The highest BCUT2D eigenvalue weighted by atomic mass is 16.5. The molecule has 0 aliphatic rings. The highest BCUT2D eigenvalue weighted by molar-refractivity contribution is 5.99. The molecular weight excluding hydrogens is 478 g/mol. The van der Waals surface area contributed by atoms with Crippen LogP contribution >= 0.6 is 0 Å². The van der Waals surface area contributed by atoms with Gasteiger partial charge >= 0.3 is 5.97 Å². The molecule has 7 heteroatoms. The Hall–Kier alpha value is -5.04. The standard InChI is InChI=1S/C31H25N3O4/c1-20(30(35)34-25-15-9-10-16-27(25)37-2)38-31(36)23-17-18-24-26(19-23)33-29(22-13-7-4-8-14-22)28(32-24)21-11-5-3-6-12-21/h3-20H,1-2H3,(H,34,35). The van der Waals surface area contributed by atoms with E-state index in [1.807, 2.05) is 60.7 Å². The molecule has 0 saturated heterocycles. The number of nitrogens with one attached hydrogen (secondary N) is 1. The van der Waals surface area contributed by atoms with Gasteiger partial charge in [0.1, 0.15) is 5.75 Å². The number of benzene rings is 4. The number of anilines is 1. The molecule has 1 heterocycles. The van der Waals surface area contributed by atoms with Crippen molar-refractivity contribution in [3.8, 4) is 28.3 Å². The van der Waals surface area contributed by atoms with E-state index in [0.717, 1.165) is 16.8 Å². The molecular formula is C31H25N3O4. The van der Waals surface area contributed by atoms with Crippen LogP contribution in [0.4, 0.5) is 5.69 Å². The molecule has 1 amide bonds. The van der Waals surface area contributed by atoms with Gasteiger partial charge in [0.25, 0.3) is 5.91 Å². The van der Waals surface area contributed by atoms with Crippen molar-refractivity contribution in [3.05, 3.63) is 109 Å². The highest BCUT2D eigenvalue weighted by Gasteiger charge is 2.21. The predicted molar refractivity (Wildman–Crippen MR) is 147 cm³/mol. The number of hydrogen-bond donors (Lipinski definition) is 1. The minimum atomic E-state index is -1.03. The zero-order chi connectivity index (χ0) is 26.5. The monoisotopic (exact) mass is 503 g/mol. The molecule has 0 radical (unpaired) electrons. The molecule has 1 unspecified atom stereocenters. The summed E-state index contributed by atoms with van der Waals surface area (Å²) in [5.41, 5.74) is 5.27. The van der Waals surface area contributed by atoms with Gasteiger partial charge in [0.2, 0.25) is 0 Å². The van der Waals surface area contributed by atoms with E-state index in [2.05, 4.69) is 5.32 Å². The number of hydrogen-bond acceptors (Lipinski definition) is 6. The fourth-order valence-corrected chi connectivity index (χ4v) is 4.04. The maximum atomic E-state index is 12.9. The Morgan fingerprint density at radius 1 is 0.737 bits per heavy atom. The Bertz CT molecular complexity index is 1600. The Balaban J connectivity index is 1.42. The third-order valence-corrected chi connectivity index (χ3v) is 6.01. The smallest absolute Gasteiger partial charge is 0.338 e. The lowest BCUT2D eigenvalue weighted by molar-refractivity contribution is -0.123. The van der Waals surface area contributed by atoms with E-state index in [1.165, 1.54) is 14.0 Å². The van der Waals surface area contributed by atoms with Crippen LogP contribution in [0, 0.1) is 0 Å². The molecule has 0 aliphatic carbocycles. The van der Waals surface area contributed by atoms with Crippen molar-refractivity contribution in [3.63, 3.8) is 0 Å². The van der Waals surface area contributed by atoms with E-state index in [-0.39, 0.29) is 5.56 Å². The summed E-state index contributed by atoms with van der Waals surface area (Å²) in [6, 6.07) is 31.7. The summed E-state index contributed by atoms with van der Waals surface area (Å²) in [6.07, 6.45) is -1.03. The Kier molecular flexibility index (Phi) is 7.08. The number of para-hydroxylation sites is 2. The van der Waals surface area contributed by atoms with Crippen molar-refractivity contribution in [2.45, 2.75) is 13.0 Å². The molecule has 0 aliphatic heterocycles. The van der Waals surface area contributed by atoms with Crippen molar-refractivity contribution in [2.75, 3.05) is 12.4 Å². The van der Waals surface area contributed by atoms with Crippen LogP contribution in [0.3, 0.4) is 0 Å². The number of rotatable bonds is 7. The zero-order valence-electron chi connectivity index (χ0n) is 20.9. The fourth-order valence-electron chi connectivity index (χ4n) is 4.04. The summed E-state index contributed by atoms with van der Waals surface area (Å²) in [5, 5.41) is 2.73. The van der Waals surface area contributed by atoms with Crippen LogP contribution in [-0.4, -0.2) is 35.1 Å². The number of methoxy groups -OCH3 is 1. The average molecular weight is 504 g/mol. The van der Waals surface area contributed by atoms with Crippen LogP contribution in [0.5, 0.6) is 5.75 Å². The zero-order valence-corrected chi connectivity index (χ0v) is 20.9. The Morgan fingerprint density at radius 3 is 1.95 bits per heavy atom. The maximum absolute atomic E-state index is 12.9. The lowest BCUT2D eigenvalue weighted by Crippen LogP contribution is -2.30. The van der Waals surface area contributed by atoms with Crippen molar-refractivity contribution < 1.29 is 19.1 Å². The van der Waals surface area contributed by atoms with Gasteiger partial charge in [-0.3, -0.25) is 4.79 Å². The minimum absolute atomic E-state index is 0.273. The van der Waals surface area contributed by atoms with Gasteiger partial charge in [0, 0.05) is 11.1 Å². The Morgan fingerprint density at radius 2 is 1.32 bits per heavy atom. The van der Waals surface area contributed by atoms with Gasteiger partial charge in [-0.1, -0.05) is 72.8 Å². The number of carbonyl (C=O) groups excluding carboxylic acids is 2. The van der Waals surface area contributed by atoms with E-state index in [4.69, 9.17) is 19.4 Å². The van der Waals surface area contributed by atoms with Crippen molar-refractivity contribution in [2.24, 2.45) is 0 Å². The van der Waals surface area contributed by atoms with Crippen LogP contribution in [-0.2, 0) is 9.53 Å². The highest BCUT2D eigenvalue weighted by Crippen LogP contribution is 2.31. The Labute approximate surface area is 220 Å². The lowest BCUT2D eigenvalue weighted by atomic mass is 10.0. The molecule has 38 heavy (non-hydrogen) atoms. The van der Waals surface area contributed by atoms with Gasteiger partial charge in [0.05, 0.1) is 40.8 Å². The number of carbonyl (C=O) groups is 2. The summed E-state index contributed by atoms with van der Waals surface area (Å²) in [6.45, 7) is 1.52. The lowest BCUT2D eigenvalue weighted by Gasteiger charge is -2.15. The second kappa shape index (κ2) is 10.9.